The van der Waals surface area contributed by atoms with E-state index in [-0.39, 0.29) is 5.57 Å². The molecule has 1 N–H and O–H groups in total. The Morgan fingerprint density at radius 3 is 2.81 bits per heavy atom. The fourth-order valence-corrected chi connectivity index (χ4v) is 2.95. The van der Waals surface area contributed by atoms with Crippen LogP contribution >= 0.6 is 11.8 Å². The van der Waals surface area contributed by atoms with E-state index >= 15 is 0 Å². The second-order valence-electron chi connectivity index (χ2n) is 5.58. The van der Waals surface area contributed by atoms with Gasteiger partial charge in [0.15, 0.2) is 10.2 Å². The zero-order valence-corrected chi connectivity index (χ0v) is 15.4. The van der Waals surface area contributed by atoms with Crippen molar-refractivity contribution in [2.75, 3.05) is 0 Å². The summed E-state index contributed by atoms with van der Waals surface area (Å²) < 4.78 is 5.65. The van der Waals surface area contributed by atoms with Crippen molar-refractivity contribution in [3.8, 4) is 6.07 Å². The van der Waals surface area contributed by atoms with Gasteiger partial charge in [-0.15, -0.1) is 0 Å². The van der Waals surface area contributed by atoms with Crippen LogP contribution in [0.25, 0.3) is 6.08 Å². The Morgan fingerprint density at radius 2 is 2.07 bits per heavy atom. The van der Waals surface area contributed by atoms with Crippen molar-refractivity contribution in [3.63, 3.8) is 0 Å². The number of furan rings is 1. The molecule has 0 unspecified atom stereocenters. The topological polar surface area (TPSA) is 91.8 Å². The molecule has 27 heavy (non-hydrogen) atoms. The molecule has 2 aromatic heterocycles. The summed E-state index contributed by atoms with van der Waals surface area (Å²) in [6, 6.07) is 16.7. The molecule has 0 saturated carbocycles. The number of aromatic nitrogens is 2. The number of aryl methyl sites for hydroxylation is 1. The van der Waals surface area contributed by atoms with Crippen LogP contribution in [0.4, 0.5) is 0 Å². The predicted octanol–water partition coefficient (Wildman–Crippen LogP) is 3.75. The van der Waals surface area contributed by atoms with Gasteiger partial charge in [-0.25, -0.2) is 9.97 Å². The summed E-state index contributed by atoms with van der Waals surface area (Å²) in [6.45, 7) is 2.23. The highest BCUT2D eigenvalue weighted by molar-refractivity contribution is 7.99. The Bertz CT molecular complexity index is 1010. The van der Waals surface area contributed by atoms with Gasteiger partial charge in [-0.2, -0.15) is 5.26 Å². The number of hydrogen-bond donors (Lipinski definition) is 1. The molecule has 0 aliphatic carbocycles. The summed E-state index contributed by atoms with van der Waals surface area (Å²) in [7, 11) is 0. The SMILES string of the molecule is Cc1ccnc(Sc2ccc(/C=C(\C#N)C(=O)NCc3ccccc3)o2)n1. The van der Waals surface area contributed by atoms with Gasteiger partial charge in [0.1, 0.15) is 17.4 Å². The number of carbonyl (C=O) groups is 1. The maximum absolute atomic E-state index is 12.2. The molecule has 7 heteroatoms. The number of nitriles is 1. The smallest absolute Gasteiger partial charge is 0.262 e. The van der Waals surface area contributed by atoms with Crippen molar-refractivity contribution in [1.82, 2.24) is 15.3 Å². The van der Waals surface area contributed by atoms with Crippen LogP contribution in [0.5, 0.6) is 0 Å². The molecule has 2 heterocycles. The maximum Gasteiger partial charge on any atom is 0.262 e. The fraction of sp³-hybridized carbons (Fsp3) is 0.100. The van der Waals surface area contributed by atoms with Crippen molar-refractivity contribution >= 4 is 23.7 Å². The zero-order valence-electron chi connectivity index (χ0n) is 14.5. The van der Waals surface area contributed by atoms with Gasteiger partial charge in [-0.1, -0.05) is 30.3 Å². The largest absolute Gasteiger partial charge is 0.450 e. The van der Waals surface area contributed by atoms with Crippen LogP contribution in [0.15, 0.2) is 75.0 Å². The monoisotopic (exact) mass is 376 g/mol. The first-order chi connectivity index (χ1) is 13.1. The minimum absolute atomic E-state index is 0.0244. The highest BCUT2D eigenvalue weighted by atomic mass is 32.2. The van der Waals surface area contributed by atoms with E-state index in [9.17, 15) is 10.1 Å². The van der Waals surface area contributed by atoms with Crippen molar-refractivity contribution < 1.29 is 9.21 Å². The highest BCUT2D eigenvalue weighted by Crippen LogP contribution is 2.27. The molecule has 0 bridgehead atoms. The summed E-state index contributed by atoms with van der Waals surface area (Å²) >= 11 is 1.27. The molecule has 1 amide bonds. The third kappa shape index (κ3) is 5.30. The lowest BCUT2D eigenvalue weighted by molar-refractivity contribution is -0.117. The lowest BCUT2D eigenvalue weighted by atomic mass is 10.2. The van der Waals surface area contributed by atoms with Gasteiger partial charge in [0.05, 0.1) is 0 Å². The van der Waals surface area contributed by atoms with Crippen LogP contribution in [0.2, 0.25) is 0 Å². The lowest BCUT2D eigenvalue weighted by Gasteiger charge is -2.03. The summed E-state index contributed by atoms with van der Waals surface area (Å²) in [6.07, 6.45) is 3.10. The summed E-state index contributed by atoms with van der Waals surface area (Å²) in [5.41, 5.74) is 1.79. The predicted molar refractivity (Wildman–Crippen MR) is 101 cm³/mol. The molecule has 0 atom stereocenters. The minimum Gasteiger partial charge on any atom is -0.450 e. The zero-order chi connectivity index (χ0) is 19.1. The van der Waals surface area contributed by atoms with E-state index in [0.717, 1.165) is 11.3 Å². The fourth-order valence-electron chi connectivity index (χ4n) is 2.20. The van der Waals surface area contributed by atoms with E-state index in [1.165, 1.54) is 17.8 Å². The Labute approximate surface area is 161 Å². The quantitative estimate of drug-likeness (QED) is 0.400. The Kier molecular flexibility index (Phi) is 6.02. The Morgan fingerprint density at radius 1 is 1.26 bits per heavy atom. The van der Waals surface area contributed by atoms with Crippen molar-refractivity contribution in [2.24, 2.45) is 0 Å². The van der Waals surface area contributed by atoms with Crippen LogP contribution in [0.3, 0.4) is 0 Å². The molecule has 0 spiro atoms. The minimum atomic E-state index is -0.450. The first kappa shape index (κ1) is 18.4. The van der Waals surface area contributed by atoms with Gasteiger partial charge in [0.25, 0.3) is 5.91 Å². The first-order valence-corrected chi connectivity index (χ1v) is 8.97. The van der Waals surface area contributed by atoms with Crippen molar-refractivity contribution in [2.45, 2.75) is 23.7 Å². The van der Waals surface area contributed by atoms with Gasteiger partial charge in [0.2, 0.25) is 0 Å². The number of rotatable bonds is 6. The van der Waals surface area contributed by atoms with E-state index in [0.29, 0.717) is 22.6 Å². The van der Waals surface area contributed by atoms with E-state index in [4.69, 9.17) is 4.42 Å². The Balaban J connectivity index is 1.66. The normalized spacial score (nSPS) is 11.0. The van der Waals surface area contributed by atoms with Crippen LogP contribution in [-0.2, 0) is 11.3 Å². The van der Waals surface area contributed by atoms with E-state index in [2.05, 4.69) is 15.3 Å². The number of amides is 1. The highest BCUT2D eigenvalue weighted by Gasteiger charge is 2.11. The molecule has 3 aromatic rings. The molecule has 0 fully saturated rings. The first-order valence-electron chi connectivity index (χ1n) is 8.15. The molecule has 0 saturated heterocycles. The van der Waals surface area contributed by atoms with Crippen molar-refractivity contribution in [3.05, 3.63) is 77.3 Å². The number of hydrogen-bond acceptors (Lipinski definition) is 6. The lowest BCUT2D eigenvalue weighted by Crippen LogP contribution is -2.23. The summed E-state index contributed by atoms with van der Waals surface area (Å²) in [5, 5.41) is 13.2. The number of nitrogens with one attached hydrogen (secondary N) is 1. The van der Waals surface area contributed by atoms with Crippen molar-refractivity contribution in [1.29, 1.82) is 5.26 Å². The second kappa shape index (κ2) is 8.83. The van der Waals surface area contributed by atoms with Crippen LogP contribution in [-0.4, -0.2) is 15.9 Å². The average Bonchev–Trinajstić information content (AvgIpc) is 3.12. The van der Waals surface area contributed by atoms with Crippen LogP contribution < -0.4 is 5.32 Å². The van der Waals surface area contributed by atoms with Crippen LogP contribution in [0.1, 0.15) is 17.0 Å². The second-order valence-corrected chi connectivity index (χ2v) is 6.55. The molecule has 6 nitrogen and oxygen atoms in total. The van der Waals surface area contributed by atoms with Crippen LogP contribution in [0, 0.1) is 18.3 Å². The van der Waals surface area contributed by atoms with Gasteiger partial charge in [-0.3, -0.25) is 4.79 Å². The summed E-state index contributed by atoms with van der Waals surface area (Å²) in [4.78, 5) is 20.7. The number of nitrogens with zero attached hydrogens (tertiary/aromatic N) is 3. The molecule has 0 radical (unpaired) electrons. The molecular weight excluding hydrogens is 360 g/mol. The van der Waals surface area contributed by atoms with Gasteiger partial charge in [0, 0.05) is 24.5 Å². The number of carbonyl (C=O) groups excluding carboxylic acids is 1. The molecule has 0 aliphatic heterocycles. The molecule has 3 rings (SSSR count). The Hall–Kier alpha value is -3.37. The third-order valence-corrected chi connectivity index (χ3v) is 4.31. The molecular formula is C20H16N4O2S. The maximum atomic E-state index is 12.2. The molecule has 134 valence electrons. The standard InChI is InChI=1S/C20H16N4O2S/c1-14-9-10-22-20(24-14)27-18-8-7-17(26-18)11-16(12-21)19(25)23-13-15-5-3-2-4-6-15/h2-11H,13H2,1H3,(H,23,25)/b16-11+. The van der Waals surface area contributed by atoms with Gasteiger partial charge in [-0.05, 0) is 42.4 Å². The van der Waals surface area contributed by atoms with E-state index < -0.39 is 5.91 Å². The number of benzene rings is 1. The van der Waals surface area contributed by atoms with Gasteiger partial charge >= 0.3 is 0 Å². The third-order valence-electron chi connectivity index (χ3n) is 3.51. The summed E-state index contributed by atoms with van der Waals surface area (Å²) in [5.74, 6) is -0.0365. The van der Waals surface area contributed by atoms with Gasteiger partial charge < -0.3 is 9.73 Å². The molecule has 1 aromatic carbocycles. The average molecular weight is 376 g/mol. The van der Waals surface area contributed by atoms with E-state index in [1.807, 2.05) is 49.4 Å². The van der Waals surface area contributed by atoms with E-state index in [1.54, 1.807) is 18.3 Å². The molecule has 0 aliphatic rings.